The summed E-state index contributed by atoms with van der Waals surface area (Å²) in [6.07, 6.45) is 72.9. The van der Waals surface area contributed by atoms with Crippen LogP contribution < -0.4 is 0 Å². The van der Waals surface area contributed by atoms with Gasteiger partial charge in [0.1, 0.15) is 13.2 Å². The highest BCUT2D eigenvalue weighted by atomic mass is 16.6. The highest BCUT2D eigenvalue weighted by Gasteiger charge is 2.19. The molecule has 6 heteroatoms. The van der Waals surface area contributed by atoms with Crippen LogP contribution in [0.5, 0.6) is 0 Å². The molecule has 0 spiro atoms. The Balaban J connectivity index is 4.56. The van der Waals surface area contributed by atoms with Crippen LogP contribution in [0.2, 0.25) is 0 Å². The molecule has 0 aliphatic heterocycles. The molecule has 0 aliphatic carbocycles. The zero-order valence-corrected chi connectivity index (χ0v) is 41.4. The molecular formula is C59H92O6. The third-order valence-electron chi connectivity index (χ3n) is 10.1. The van der Waals surface area contributed by atoms with Crippen molar-refractivity contribution in [2.24, 2.45) is 0 Å². The molecule has 65 heavy (non-hydrogen) atoms. The van der Waals surface area contributed by atoms with Crippen molar-refractivity contribution in [3.05, 3.63) is 134 Å². The van der Waals surface area contributed by atoms with E-state index < -0.39 is 6.10 Å². The number of unbranched alkanes of at least 4 members (excludes halogenated alkanes) is 11. The van der Waals surface area contributed by atoms with Crippen LogP contribution in [0.15, 0.2) is 134 Å². The third kappa shape index (κ3) is 50.4. The summed E-state index contributed by atoms with van der Waals surface area (Å²) in [5.41, 5.74) is 0. The fourth-order valence-electron chi connectivity index (χ4n) is 6.38. The SMILES string of the molecule is CC/C=C\C/C=C\C/C=C\C/C=C\CCCCCCC(=O)O[C@H](COC(=O)CCCC/C=C\C/C=C\C/C=C\C/C=C\CC)COC(=O)CCCCCCC/C=C\C/C=C\C/C=C\CC. The molecule has 6 nitrogen and oxygen atoms in total. The summed E-state index contributed by atoms with van der Waals surface area (Å²) < 4.78 is 16.7. The van der Waals surface area contributed by atoms with Gasteiger partial charge in [-0.3, -0.25) is 14.4 Å². The summed E-state index contributed by atoms with van der Waals surface area (Å²) in [4.78, 5) is 38.0. The van der Waals surface area contributed by atoms with Crippen molar-refractivity contribution in [2.45, 2.75) is 207 Å². The average Bonchev–Trinajstić information content (AvgIpc) is 3.30. The molecule has 0 heterocycles. The molecule has 0 aliphatic rings. The van der Waals surface area contributed by atoms with Crippen LogP contribution in [0.3, 0.4) is 0 Å². The molecule has 0 fully saturated rings. The number of carbonyl (C=O) groups is 3. The van der Waals surface area contributed by atoms with E-state index in [1.54, 1.807) is 0 Å². The van der Waals surface area contributed by atoms with Crippen molar-refractivity contribution in [1.29, 1.82) is 0 Å². The monoisotopic (exact) mass is 897 g/mol. The van der Waals surface area contributed by atoms with Crippen LogP contribution in [-0.4, -0.2) is 37.2 Å². The quantitative estimate of drug-likeness (QED) is 0.0262. The lowest BCUT2D eigenvalue weighted by Gasteiger charge is -2.18. The van der Waals surface area contributed by atoms with E-state index in [0.717, 1.165) is 154 Å². The van der Waals surface area contributed by atoms with Crippen LogP contribution >= 0.6 is 0 Å². The Labute approximate surface area is 398 Å². The molecule has 0 amide bonds. The predicted octanol–water partition coefficient (Wildman–Crippen LogP) is 17.1. The largest absolute Gasteiger partial charge is 0.462 e. The third-order valence-corrected chi connectivity index (χ3v) is 10.1. The van der Waals surface area contributed by atoms with Gasteiger partial charge in [-0.15, -0.1) is 0 Å². The fourth-order valence-corrected chi connectivity index (χ4v) is 6.38. The van der Waals surface area contributed by atoms with Gasteiger partial charge in [0.15, 0.2) is 6.10 Å². The van der Waals surface area contributed by atoms with Gasteiger partial charge in [-0.05, 0) is 128 Å². The maximum atomic E-state index is 12.8. The number of rotatable bonds is 44. The molecular weight excluding hydrogens is 805 g/mol. The first-order valence-corrected chi connectivity index (χ1v) is 25.7. The molecule has 0 unspecified atom stereocenters. The van der Waals surface area contributed by atoms with Crippen molar-refractivity contribution >= 4 is 17.9 Å². The molecule has 0 saturated heterocycles. The lowest BCUT2D eigenvalue weighted by atomic mass is 10.1. The Morgan fingerprint density at radius 1 is 0.308 bits per heavy atom. The molecule has 0 aromatic carbocycles. The van der Waals surface area contributed by atoms with Crippen molar-refractivity contribution in [2.75, 3.05) is 13.2 Å². The second-order valence-corrected chi connectivity index (χ2v) is 16.3. The molecule has 0 aromatic rings. The Morgan fingerprint density at radius 2 is 0.554 bits per heavy atom. The fraction of sp³-hybridized carbons (Fsp3) is 0.576. The van der Waals surface area contributed by atoms with E-state index in [1.807, 2.05) is 0 Å². The number of esters is 3. The Bertz CT molecular complexity index is 1450. The minimum absolute atomic E-state index is 0.116. The second-order valence-electron chi connectivity index (χ2n) is 16.3. The molecule has 364 valence electrons. The summed E-state index contributed by atoms with van der Waals surface area (Å²) in [5, 5.41) is 0. The van der Waals surface area contributed by atoms with Gasteiger partial charge in [0.05, 0.1) is 0 Å². The smallest absolute Gasteiger partial charge is 0.306 e. The highest BCUT2D eigenvalue weighted by molar-refractivity contribution is 5.71. The van der Waals surface area contributed by atoms with Gasteiger partial charge in [-0.1, -0.05) is 187 Å². The maximum absolute atomic E-state index is 12.8. The van der Waals surface area contributed by atoms with E-state index in [-0.39, 0.29) is 37.5 Å². The molecule has 0 rings (SSSR count). The van der Waals surface area contributed by atoms with Crippen molar-refractivity contribution in [3.8, 4) is 0 Å². The number of ether oxygens (including phenoxy) is 3. The lowest BCUT2D eigenvalue weighted by Crippen LogP contribution is -2.30. The molecule has 0 aromatic heterocycles. The first-order chi connectivity index (χ1) is 32.0. The van der Waals surface area contributed by atoms with Crippen LogP contribution in [-0.2, 0) is 28.6 Å². The van der Waals surface area contributed by atoms with Gasteiger partial charge in [0, 0.05) is 19.3 Å². The Kier molecular flexibility index (Phi) is 48.6. The van der Waals surface area contributed by atoms with E-state index in [1.165, 1.54) is 0 Å². The van der Waals surface area contributed by atoms with Gasteiger partial charge in [-0.25, -0.2) is 0 Å². The predicted molar refractivity (Wildman–Crippen MR) is 279 cm³/mol. The maximum Gasteiger partial charge on any atom is 0.306 e. The van der Waals surface area contributed by atoms with Gasteiger partial charge < -0.3 is 14.2 Å². The van der Waals surface area contributed by atoms with E-state index in [4.69, 9.17) is 14.2 Å². The second kappa shape index (κ2) is 52.2. The summed E-state index contributed by atoms with van der Waals surface area (Å²) in [7, 11) is 0. The normalized spacial score (nSPS) is 13.2. The van der Waals surface area contributed by atoms with Gasteiger partial charge >= 0.3 is 17.9 Å². The van der Waals surface area contributed by atoms with Crippen molar-refractivity contribution in [3.63, 3.8) is 0 Å². The average molecular weight is 897 g/mol. The van der Waals surface area contributed by atoms with Gasteiger partial charge in [0.2, 0.25) is 0 Å². The van der Waals surface area contributed by atoms with E-state index in [9.17, 15) is 14.4 Å². The zero-order valence-electron chi connectivity index (χ0n) is 41.4. The van der Waals surface area contributed by atoms with Crippen LogP contribution in [0, 0.1) is 0 Å². The van der Waals surface area contributed by atoms with E-state index >= 15 is 0 Å². The lowest BCUT2D eigenvalue weighted by molar-refractivity contribution is -0.167. The number of hydrogen-bond donors (Lipinski definition) is 0. The van der Waals surface area contributed by atoms with Crippen LogP contribution in [0.1, 0.15) is 201 Å². The summed E-state index contributed by atoms with van der Waals surface area (Å²) in [6.45, 7) is 6.20. The van der Waals surface area contributed by atoms with E-state index in [0.29, 0.717) is 19.3 Å². The van der Waals surface area contributed by atoms with Crippen LogP contribution in [0.25, 0.3) is 0 Å². The summed E-state index contributed by atoms with van der Waals surface area (Å²) in [6, 6.07) is 0. The molecule has 0 N–H and O–H groups in total. The molecule has 0 bridgehead atoms. The number of carbonyl (C=O) groups excluding carboxylic acids is 3. The Morgan fingerprint density at radius 3 is 0.892 bits per heavy atom. The molecule has 0 radical (unpaired) electrons. The minimum atomic E-state index is -0.820. The summed E-state index contributed by atoms with van der Waals surface area (Å²) in [5.74, 6) is -1.01. The first-order valence-electron chi connectivity index (χ1n) is 25.7. The molecule has 0 saturated carbocycles. The highest BCUT2D eigenvalue weighted by Crippen LogP contribution is 2.12. The summed E-state index contributed by atoms with van der Waals surface area (Å²) >= 11 is 0. The zero-order chi connectivity index (χ0) is 47.2. The number of hydrogen-bond acceptors (Lipinski definition) is 6. The molecule has 1 atom stereocenters. The minimum Gasteiger partial charge on any atom is -0.462 e. The van der Waals surface area contributed by atoms with Crippen molar-refractivity contribution in [1.82, 2.24) is 0 Å². The van der Waals surface area contributed by atoms with E-state index in [2.05, 4.69) is 154 Å². The standard InChI is InChI=1S/C59H92O6/c1-4-7-10-13-16-19-22-25-28-29-32-35-38-41-44-47-50-53-59(62)65-56(54-63-57(60)51-48-45-42-39-36-33-30-26-23-20-17-14-11-8-5-2)55-64-58(61)52-49-46-43-40-37-34-31-27-24-21-18-15-12-9-6-3/h7-12,16-21,25-28,30-32,35-36,39,56H,4-6,13-15,22-24,29,33-34,37-38,40-55H2,1-3H3/b10-7-,11-8-,12-9-,19-16-,20-17-,21-18-,28-25-,30-26-,31-27-,35-32-,39-36-/t56-/m1/s1. The Hall–Kier alpha value is -4.45. The van der Waals surface area contributed by atoms with Crippen LogP contribution in [0.4, 0.5) is 0 Å². The van der Waals surface area contributed by atoms with Crippen molar-refractivity contribution < 1.29 is 28.6 Å². The first kappa shape index (κ1) is 60.5. The number of allylic oxidation sites excluding steroid dienone is 22. The van der Waals surface area contributed by atoms with Gasteiger partial charge in [-0.2, -0.15) is 0 Å². The topological polar surface area (TPSA) is 78.9 Å². The van der Waals surface area contributed by atoms with Gasteiger partial charge in [0.25, 0.3) is 0 Å².